The summed E-state index contributed by atoms with van der Waals surface area (Å²) in [5, 5.41) is 9.09. The number of hydrogen-bond donors (Lipinski definition) is 2. The van der Waals surface area contributed by atoms with E-state index in [2.05, 4.69) is 11.8 Å². The van der Waals surface area contributed by atoms with Gasteiger partial charge in [-0.2, -0.15) is 0 Å². The van der Waals surface area contributed by atoms with Crippen LogP contribution in [-0.4, -0.2) is 80.9 Å². The standard InChI is InChI=1S/C23H30N4O4/c1-12-7-16-8-19(16)26(12)21(28)18(24)11-25-10-17-9-20(25)22(29)27(17)13(2)14-3-5-15(6-4-14)23(30)31/h3-6,12-13,16-20H,7-11,24H2,1-2H3,(H,30,31)/t12?,13-,16?,17-,18?,19?,20?/m0/s1. The van der Waals surface area contributed by atoms with E-state index in [-0.39, 0.29) is 41.5 Å². The summed E-state index contributed by atoms with van der Waals surface area (Å²) in [5.41, 5.74) is 7.47. The Balaban J connectivity index is 1.22. The number of carbonyl (C=O) groups excluding carboxylic acids is 2. The van der Waals surface area contributed by atoms with Crippen LogP contribution >= 0.6 is 0 Å². The molecule has 3 aliphatic heterocycles. The third kappa shape index (κ3) is 3.32. The molecule has 0 aromatic heterocycles. The number of fused-ring (bicyclic) bond motifs is 3. The first-order valence-corrected chi connectivity index (χ1v) is 11.2. The molecular weight excluding hydrogens is 396 g/mol. The fourth-order valence-corrected chi connectivity index (χ4v) is 6.07. The quantitative estimate of drug-likeness (QED) is 0.705. The molecule has 0 radical (unpaired) electrons. The number of carbonyl (C=O) groups is 3. The predicted octanol–water partition coefficient (Wildman–Crippen LogP) is 1.07. The summed E-state index contributed by atoms with van der Waals surface area (Å²) in [5.74, 6) is -0.202. The highest BCUT2D eigenvalue weighted by molar-refractivity contribution is 5.88. The predicted molar refractivity (Wildman–Crippen MR) is 113 cm³/mol. The maximum atomic E-state index is 13.1. The number of carboxylic acid groups (broad SMARTS) is 1. The summed E-state index contributed by atoms with van der Waals surface area (Å²) in [6, 6.07) is 6.51. The molecule has 1 aromatic carbocycles. The molecule has 2 bridgehead atoms. The van der Waals surface area contributed by atoms with Gasteiger partial charge in [0.25, 0.3) is 0 Å². The largest absolute Gasteiger partial charge is 0.478 e. The van der Waals surface area contributed by atoms with Crippen LogP contribution in [0.15, 0.2) is 24.3 Å². The SMILES string of the molecule is CC1CC2CC2N1C(=O)C(N)CN1C[C@@H]2CC1C(=O)N2[C@@H](C)c1ccc(C(=O)O)cc1. The highest BCUT2D eigenvalue weighted by Crippen LogP contribution is 2.48. The maximum Gasteiger partial charge on any atom is 0.335 e. The van der Waals surface area contributed by atoms with Crippen molar-refractivity contribution in [3.8, 4) is 0 Å². The number of piperazine rings is 1. The Morgan fingerprint density at radius 1 is 1.19 bits per heavy atom. The van der Waals surface area contributed by atoms with E-state index in [0.717, 1.165) is 31.4 Å². The smallest absolute Gasteiger partial charge is 0.335 e. The van der Waals surface area contributed by atoms with Crippen LogP contribution in [-0.2, 0) is 9.59 Å². The molecule has 2 amide bonds. The molecule has 3 N–H and O–H groups in total. The molecule has 8 nitrogen and oxygen atoms in total. The van der Waals surface area contributed by atoms with Crippen molar-refractivity contribution in [2.75, 3.05) is 13.1 Å². The number of amides is 2. The van der Waals surface area contributed by atoms with Crippen molar-refractivity contribution in [2.24, 2.45) is 11.7 Å². The van der Waals surface area contributed by atoms with E-state index in [1.807, 2.05) is 16.7 Å². The highest BCUT2D eigenvalue weighted by atomic mass is 16.4. The lowest BCUT2D eigenvalue weighted by Gasteiger charge is -2.38. The Morgan fingerprint density at radius 2 is 1.90 bits per heavy atom. The van der Waals surface area contributed by atoms with Crippen LogP contribution in [0.3, 0.4) is 0 Å². The Hall–Kier alpha value is -2.45. The van der Waals surface area contributed by atoms with E-state index in [1.165, 1.54) is 0 Å². The minimum Gasteiger partial charge on any atom is -0.478 e. The van der Waals surface area contributed by atoms with Crippen LogP contribution in [0.5, 0.6) is 0 Å². The lowest BCUT2D eigenvalue weighted by atomic mass is 10.0. The summed E-state index contributed by atoms with van der Waals surface area (Å²) < 4.78 is 0. The second-order valence-electron chi connectivity index (χ2n) is 9.71. The Kier molecular flexibility index (Phi) is 4.82. The van der Waals surface area contributed by atoms with E-state index < -0.39 is 12.0 Å². The van der Waals surface area contributed by atoms with Crippen molar-refractivity contribution < 1.29 is 19.5 Å². The normalized spacial score (nSPS) is 33.5. The second-order valence-corrected chi connectivity index (χ2v) is 9.71. The average Bonchev–Trinajstić information content (AvgIpc) is 3.07. The number of carboxylic acids is 1. The molecular formula is C23H30N4O4. The third-order valence-electron chi connectivity index (χ3n) is 7.74. The molecule has 166 valence electrons. The molecule has 1 aliphatic carbocycles. The van der Waals surface area contributed by atoms with Crippen molar-refractivity contribution in [1.29, 1.82) is 0 Å². The van der Waals surface area contributed by atoms with Crippen molar-refractivity contribution in [3.63, 3.8) is 0 Å². The van der Waals surface area contributed by atoms with Crippen molar-refractivity contribution in [2.45, 2.75) is 69.4 Å². The summed E-state index contributed by atoms with van der Waals surface area (Å²) in [7, 11) is 0. The number of nitrogens with zero attached hydrogens (tertiary/aromatic N) is 3. The first-order valence-electron chi connectivity index (χ1n) is 11.2. The van der Waals surface area contributed by atoms with Gasteiger partial charge >= 0.3 is 5.97 Å². The van der Waals surface area contributed by atoms with Crippen LogP contribution in [0.1, 0.15) is 55.1 Å². The molecule has 0 spiro atoms. The van der Waals surface area contributed by atoms with Gasteiger partial charge in [-0.3, -0.25) is 14.5 Å². The zero-order valence-corrected chi connectivity index (χ0v) is 18.0. The van der Waals surface area contributed by atoms with E-state index in [9.17, 15) is 14.4 Å². The van der Waals surface area contributed by atoms with Gasteiger partial charge in [0.15, 0.2) is 0 Å². The number of hydrogen-bond acceptors (Lipinski definition) is 5. The van der Waals surface area contributed by atoms with Crippen molar-refractivity contribution in [3.05, 3.63) is 35.4 Å². The van der Waals surface area contributed by atoms with Crippen molar-refractivity contribution >= 4 is 17.8 Å². The van der Waals surface area contributed by atoms with Gasteiger partial charge in [-0.1, -0.05) is 12.1 Å². The minimum absolute atomic E-state index is 0.0245. The molecule has 7 atom stereocenters. The van der Waals surface area contributed by atoms with E-state index in [1.54, 1.807) is 24.3 Å². The zero-order valence-electron chi connectivity index (χ0n) is 18.0. The van der Waals surface area contributed by atoms with Crippen molar-refractivity contribution in [1.82, 2.24) is 14.7 Å². The number of benzene rings is 1. The number of rotatable bonds is 6. The molecule has 8 heteroatoms. The monoisotopic (exact) mass is 426 g/mol. The number of piperidine rings is 1. The van der Waals surface area contributed by atoms with Crippen LogP contribution in [0.2, 0.25) is 0 Å². The van der Waals surface area contributed by atoms with Gasteiger partial charge < -0.3 is 20.6 Å². The number of nitrogens with two attached hydrogens (primary N) is 1. The number of likely N-dealkylation sites (tertiary alicyclic amines) is 3. The van der Waals surface area contributed by atoms with Gasteiger partial charge in [0.2, 0.25) is 11.8 Å². The van der Waals surface area contributed by atoms with Gasteiger partial charge in [-0.25, -0.2) is 4.79 Å². The van der Waals surface area contributed by atoms with E-state index in [4.69, 9.17) is 10.8 Å². The molecule has 31 heavy (non-hydrogen) atoms. The van der Waals surface area contributed by atoms with Crippen LogP contribution in [0.4, 0.5) is 0 Å². The lowest BCUT2D eigenvalue weighted by molar-refractivity contribution is -0.141. The topological polar surface area (TPSA) is 107 Å². The fourth-order valence-electron chi connectivity index (χ4n) is 6.07. The molecule has 3 saturated heterocycles. The van der Waals surface area contributed by atoms with E-state index in [0.29, 0.717) is 18.5 Å². The molecule has 1 saturated carbocycles. The van der Waals surface area contributed by atoms with Gasteiger partial charge in [0.1, 0.15) is 0 Å². The van der Waals surface area contributed by atoms with E-state index >= 15 is 0 Å². The van der Waals surface area contributed by atoms with Crippen LogP contribution in [0.25, 0.3) is 0 Å². The van der Waals surface area contributed by atoms with Crippen LogP contribution in [0, 0.1) is 5.92 Å². The highest BCUT2D eigenvalue weighted by Gasteiger charge is 2.54. The number of aromatic carboxylic acids is 1. The van der Waals surface area contributed by atoms with Gasteiger partial charge in [-0.15, -0.1) is 0 Å². The van der Waals surface area contributed by atoms with Gasteiger partial charge in [0, 0.05) is 31.2 Å². The Bertz CT molecular complexity index is 917. The average molecular weight is 427 g/mol. The third-order valence-corrected chi connectivity index (χ3v) is 7.74. The summed E-state index contributed by atoms with van der Waals surface area (Å²) in [6.45, 7) is 5.22. The summed E-state index contributed by atoms with van der Waals surface area (Å²) in [4.78, 5) is 43.1. The first-order chi connectivity index (χ1) is 14.8. The first kappa shape index (κ1) is 20.5. The summed E-state index contributed by atoms with van der Waals surface area (Å²) >= 11 is 0. The molecule has 3 heterocycles. The second kappa shape index (κ2) is 7.31. The Labute approximate surface area is 182 Å². The summed E-state index contributed by atoms with van der Waals surface area (Å²) in [6.07, 6.45) is 2.94. The Morgan fingerprint density at radius 3 is 2.48 bits per heavy atom. The zero-order chi connectivity index (χ0) is 22.0. The molecule has 1 aromatic rings. The fraction of sp³-hybridized carbons (Fsp3) is 0.609. The molecule has 5 rings (SSSR count). The van der Waals surface area contributed by atoms with Gasteiger partial charge in [-0.05, 0) is 56.7 Å². The van der Waals surface area contributed by atoms with Crippen LogP contribution < -0.4 is 5.73 Å². The lowest BCUT2D eigenvalue weighted by Crippen LogP contribution is -2.57. The maximum absolute atomic E-state index is 13.1. The molecule has 4 fully saturated rings. The molecule has 5 unspecified atom stereocenters. The molecule has 4 aliphatic rings. The van der Waals surface area contributed by atoms with Gasteiger partial charge in [0.05, 0.1) is 23.7 Å². The minimum atomic E-state index is -0.961.